The molecule has 0 fully saturated rings. The van der Waals surface area contributed by atoms with Crippen molar-refractivity contribution in [3.05, 3.63) is 22.7 Å². The summed E-state index contributed by atoms with van der Waals surface area (Å²) >= 11 is 1.01. The maximum Gasteiger partial charge on any atom is 0.327 e. The predicted molar refractivity (Wildman–Crippen MR) is 70.1 cm³/mol. The van der Waals surface area contributed by atoms with Crippen molar-refractivity contribution in [2.75, 3.05) is 5.75 Å². The molecule has 0 unspecified atom stereocenters. The summed E-state index contributed by atoms with van der Waals surface area (Å²) in [7, 11) is 0. The third-order valence-corrected chi connectivity index (χ3v) is 3.34. The number of thioether (sulfide) groups is 1. The van der Waals surface area contributed by atoms with Crippen LogP contribution in [0.5, 0.6) is 0 Å². The molecule has 0 saturated carbocycles. The van der Waals surface area contributed by atoms with E-state index in [2.05, 4.69) is 10.3 Å². The first-order valence-electron chi connectivity index (χ1n) is 5.63. The fourth-order valence-corrected chi connectivity index (χ4v) is 2.28. The van der Waals surface area contributed by atoms with E-state index in [1.54, 1.807) is 6.20 Å². The van der Waals surface area contributed by atoms with Gasteiger partial charge in [0.05, 0.1) is 0 Å². The monoisotopic (exact) mass is 285 g/mol. The van der Waals surface area contributed by atoms with Crippen molar-refractivity contribution in [1.82, 2.24) is 14.9 Å². The van der Waals surface area contributed by atoms with Crippen molar-refractivity contribution in [3.63, 3.8) is 0 Å². The number of carboxylic acids is 1. The Morgan fingerprint density at radius 3 is 2.79 bits per heavy atom. The van der Waals surface area contributed by atoms with Gasteiger partial charge in [-0.2, -0.15) is 0 Å². The number of nitrogens with one attached hydrogen (secondary N) is 1. The Bertz CT molecular complexity index is 529. The molecule has 104 valence electrons. The highest BCUT2D eigenvalue weighted by Gasteiger charge is 2.19. The van der Waals surface area contributed by atoms with Crippen molar-refractivity contribution >= 4 is 23.6 Å². The van der Waals surface area contributed by atoms with E-state index in [0.717, 1.165) is 11.8 Å². The second-order valence-electron chi connectivity index (χ2n) is 3.73. The third-order valence-electron chi connectivity index (χ3n) is 2.29. The van der Waals surface area contributed by atoms with Crippen LogP contribution in [0.3, 0.4) is 0 Å². The van der Waals surface area contributed by atoms with Crippen molar-refractivity contribution in [2.24, 2.45) is 0 Å². The largest absolute Gasteiger partial charge is 0.480 e. The predicted octanol–water partition coefficient (Wildman–Crippen LogP) is -0.0554. The number of aliphatic carboxylic acids is 1. The van der Waals surface area contributed by atoms with E-state index >= 15 is 0 Å². The van der Waals surface area contributed by atoms with Crippen LogP contribution in [0.25, 0.3) is 0 Å². The van der Waals surface area contributed by atoms with Gasteiger partial charge in [-0.05, 0) is 6.92 Å². The molecule has 0 aliphatic heterocycles. The standard InChI is InChI=1S/C11H15N3O4S/c1-3-14-5-4-12-9(10(14)16)19-6-8(11(17)18)13-7(2)15/h4-5,8H,3,6H2,1-2H3,(H,13,15)(H,17,18)/t8-/m0/s1. The summed E-state index contributed by atoms with van der Waals surface area (Å²) in [5, 5.41) is 11.5. The number of nitrogens with zero attached hydrogens (tertiary/aromatic N) is 2. The molecule has 0 radical (unpaired) electrons. The molecule has 2 N–H and O–H groups in total. The number of carboxylic acid groups (broad SMARTS) is 1. The molecule has 0 bridgehead atoms. The summed E-state index contributed by atoms with van der Waals surface area (Å²) in [6.07, 6.45) is 3.05. The summed E-state index contributed by atoms with van der Waals surface area (Å²) in [5.41, 5.74) is -0.262. The Hall–Kier alpha value is -1.83. The van der Waals surface area contributed by atoms with Gasteiger partial charge in [0.1, 0.15) is 6.04 Å². The fraction of sp³-hybridized carbons (Fsp3) is 0.455. The van der Waals surface area contributed by atoms with Crippen molar-refractivity contribution in [2.45, 2.75) is 31.5 Å². The first-order chi connectivity index (χ1) is 8.95. The normalized spacial score (nSPS) is 11.9. The Morgan fingerprint density at radius 1 is 1.58 bits per heavy atom. The fourth-order valence-electron chi connectivity index (χ4n) is 1.36. The lowest BCUT2D eigenvalue weighted by Gasteiger charge is -2.12. The second kappa shape index (κ2) is 6.93. The molecule has 0 saturated heterocycles. The molecule has 7 nitrogen and oxygen atoms in total. The van der Waals surface area contributed by atoms with E-state index in [9.17, 15) is 14.4 Å². The van der Waals surface area contributed by atoms with Crippen LogP contribution in [-0.2, 0) is 16.1 Å². The van der Waals surface area contributed by atoms with Crippen LogP contribution in [0.4, 0.5) is 0 Å². The maximum atomic E-state index is 11.8. The molecule has 8 heteroatoms. The quantitative estimate of drug-likeness (QED) is 0.710. The Kier molecular flexibility index (Phi) is 5.56. The number of hydrogen-bond donors (Lipinski definition) is 2. The van der Waals surface area contributed by atoms with Gasteiger partial charge in [-0.15, -0.1) is 0 Å². The van der Waals surface area contributed by atoms with Gasteiger partial charge in [0.2, 0.25) is 5.91 Å². The van der Waals surface area contributed by atoms with Crippen molar-refractivity contribution in [1.29, 1.82) is 0 Å². The van der Waals surface area contributed by atoms with Gasteiger partial charge in [0.25, 0.3) is 5.56 Å². The smallest absolute Gasteiger partial charge is 0.327 e. The summed E-state index contributed by atoms with van der Waals surface area (Å²) < 4.78 is 1.48. The lowest BCUT2D eigenvalue weighted by Crippen LogP contribution is -2.41. The van der Waals surface area contributed by atoms with Gasteiger partial charge >= 0.3 is 5.97 Å². The van der Waals surface area contributed by atoms with Crippen LogP contribution < -0.4 is 10.9 Å². The molecule has 0 spiro atoms. The Labute approximate surface area is 114 Å². The lowest BCUT2D eigenvalue weighted by molar-refractivity contribution is -0.140. The van der Waals surface area contributed by atoms with Crippen LogP contribution >= 0.6 is 11.8 Å². The van der Waals surface area contributed by atoms with Gasteiger partial charge in [0.15, 0.2) is 5.03 Å². The third kappa shape index (κ3) is 4.40. The van der Waals surface area contributed by atoms with Gasteiger partial charge in [-0.3, -0.25) is 9.59 Å². The van der Waals surface area contributed by atoms with Gasteiger partial charge in [-0.1, -0.05) is 11.8 Å². The van der Waals surface area contributed by atoms with Crippen LogP contribution in [-0.4, -0.2) is 38.3 Å². The molecule has 1 rings (SSSR count). The highest BCUT2D eigenvalue weighted by atomic mass is 32.2. The molecular formula is C11H15N3O4S. The second-order valence-corrected chi connectivity index (χ2v) is 4.73. The molecular weight excluding hydrogens is 270 g/mol. The molecule has 1 amide bonds. The van der Waals surface area contributed by atoms with E-state index in [4.69, 9.17) is 5.11 Å². The van der Waals surface area contributed by atoms with Crippen molar-refractivity contribution < 1.29 is 14.7 Å². The number of hydrogen-bond acceptors (Lipinski definition) is 5. The minimum absolute atomic E-state index is 0.0465. The van der Waals surface area contributed by atoms with Gasteiger partial charge in [-0.25, -0.2) is 9.78 Å². The molecule has 0 aliphatic rings. The minimum Gasteiger partial charge on any atom is -0.480 e. The summed E-state index contributed by atoms with van der Waals surface area (Å²) in [6, 6.07) is -1.04. The summed E-state index contributed by atoms with van der Waals surface area (Å²) in [4.78, 5) is 37.6. The molecule has 1 aromatic rings. The molecule has 0 aromatic carbocycles. The number of aryl methyl sites for hydroxylation is 1. The lowest BCUT2D eigenvalue weighted by atomic mass is 10.3. The zero-order valence-electron chi connectivity index (χ0n) is 10.6. The van der Waals surface area contributed by atoms with Gasteiger partial charge in [0, 0.05) is 31.6 Å². The summed E-state index contributed by atoms with van der Waals surface area (Å²) in [5.74, 6) is -1.53. The SMILES string of the molecule is CCn1ccnc(SC[C@H](NC(C)=O)C(=O)O)c1=O. The van der Waals surface area contributed by atoms with E-state index < -0.39 is 17.9 Å². The van der Waals surface area contributed by atoms with E-state index in [1.807, 2.05) is 6.92 Å². The number of rotatable bonds is 6. The van der Waals surface area contributed by atoms with Gasteiger partial charge < -0.3 is 15.0 Å². The first kappa shape index (κ1) is 15.2. The zero-order valence-corrected chi connectivity index (χ0v) is 11.4. The number of amides is 1. The van der Waals surface area contributed by atoms with Crippen molar-refractivity contribution in [3.8, 4) is 0 Å². The molecule has 19 heavy (non-hydrogen) atoms. The topological polar surface area (TPSA) is 101 Å². The number of carbonyl (C=O) groups excluding carboxylic acids is 1. The highest BCUT2D eigenvalue weighted by Crippen LogP contribution is 2.11. The van der Waals surface area contributed by atoms with Crippen LogP contribution in [0.1, 0.15) is 13.8 Å². The molecule has 1 heterocycles. The van der Waals surface area contributed by atoms with Crippen LogP contribution in [0, 0.1) is 0 Å². The minimum atomic E-state index is -1.14. The van der Waals surface area contributed by atoms with E-state index in [-0.39, 0.29) is 16.3 Å². The highest BCUT2D eigenvalue weighted by molar-refractivity contribution is 7.99. The Balaban J connectivity index is 2.77. The molecule has 1 atom stereocenters. The number of carbonyl (C=O) groups is 2. The average Bonchev–Trinajstić information content (AvgIpc) is 2.35. The molecule has 1 aromatic heterocycles. The van der Waals surface area contributed by atoms with E-state index in [0.29, 0.717) is 6.54 Å². The summed E-state index contributed by atoms with van der Waals surface area (Å²) in [6.45, 7) is 3.58. The Morgan fingerprint density at radius 2 is 2.26 bits per heavy atom. The van der Waals surface area contributed by atoms with Crippen LogP contribution in [0.2, 0.25) is 0 Å². The van der Waals surface area contributed by atoms with E-state index in [1.165, 1.54) is 17.7 Å². The zero-order chi connectivity index (χ0) is 14.4. The maximum absolute atomic E-state index is 11.8. The average molecular weight is 285 g/mol. The number of aromatic nitrogens is 2. The van der Waals surface area contributed by atoms with Crippen LogP contribution in [0.15, 0.2) is 22.2 Å². The first-order valence-corrected chi connectivity index (χ1v) is 6.62. The molecule has 0 aliphatic carbocycles.